The molecule has 1 fully saturated rings. The maximum atomic E-state index is 11.8. The van der Waals surface area contributed by atoms with Gasteiger partial charge < -0.3 is 16.2 Å². The van der Waals surface area contributed by atoms with Crippen molar-refractivity contribution in [3.05, 3.63) is 35.9 Å². The second-order valence-electron chi connectivity index (χ2n) is 5.18. The molecule has 1 amide bonds. The van der Waals surface area contributed by atoms with Crippen molar-refractivity contribution in [3.63, 3.8) is 0 Å². The van der Waals surface area contributed by atoms with E-state index in [1.165, 1.54) is 0 Å². The fourth-order valence-electron chi connectivity index (χ4n) is 2.28. The van der Waals surface area contributed by atoms with Gasteiger partial charge in [-0.25, -0.2) is 0 Å². The number of rotatable bonds is 5. The maximum Gasteiger partial charge on any atom is 0.325 e. The molecule has 0 aliphatic carbocycles. The van der Waals surface area contributed by atoms with Crippen LogP contribution >= 0.6 is 0 Å². The highest BCUT2D eigenvalue weighted by molar-refractivity contribution is 5.80. The Morgan fingerprint density at radius 3 is 2.65 bits per heavy atom. The van der Waals surface area contributed by atoms with Crippen LogP contribution in [0.3, 0.4) is 0 Å². The van der Waals surface area contributed by atoms with Gasteiger partial charge in [-0.1, -0.05) is 30.3 Å². The third kappa shape index (κ3) is 3.55. The van der Waals surface area contributed by atoms with Crippen molar-refractivity contribution in [3.8, 4) is 0 Å². The Hall–Kier alpha value is -1.92. The molecule has 6 heteroatoms. The number of carboxylic acids is 1. The third-order valence-electron chi connectivity index (χ3n) is 3.51. The summed E-state index contributed by atoms with van der Waals surface area (Å²) in [6.45, 7) is 1.39. The molecule has 6 nitrogen and oxygen atoms in total. The Morgan fingerprint density at radius 2 is 2.05 bits per heavy atom. The van der Waals surface area contributed by atoms with Gasteiger partial charge in [-0.15, -0.1) is 0 Å². The first kappa shape index (κ1) is 14.5. The molecule has 1 unspecified atom stereocenters. The number of likely N-dealkylation sites (tertiary alicyclic amines) is 1. The first-order chi connectivity index (χ1) is 9.49. The number of nitrogens with zero attached hydrogens (tertiary/aromatic N) is 1. The molecule has 0 aromatic heterocycles. The Morgan fingerprint density at radius 1 is 1.35 bits per heavy atom. The Balaban J connectivity index is 1.77. The molecule has 1 saturated heterocycles. The van der Waals surface area contributed by atoms with Crippen LogP contribution in [0.25, 0.3) is 0 Å². The van der Waals surface area contributed by atoms with Crippen LogP contribution in [0.5, 0.6) is 0 Å². The molecule has 1 atom stereocenters. The molecule has 1 aromatic rings. The van der Waals surface area contributed by atoms with Crippen molar-refractivity contribution >= 4 is 11.9 Å². The summed E-state index contributed by atoms with van der Waals surface area (Å²) in [5.41, 5.74) is 5.57. The molecule has 108 valence electrons. The number of nitrogens with two attached hydrogens (primary N) is 1. The molecule has 2 rings (SSSR count). The molecule has 0 spiro atoms. The molecular weight excluding hydrogens is 258 g/mol. The number of amides is 1. The molecule has 1 aliphatic heterocycles. The standard InChI is InChI=1S/C14H19N3O3/c15-14(13(19)20)6-7-17(10-14)9-12(18)16-8-11-4-2-1-3-5-11/h1-5H,6-10,15H2,(H,16,18)(H,19,20). The van der Waals surface area contributed by atoms with Crippen molar-refractivity contribution in [2.45, 2.75) is 18.5 Å². The van der Waals surface area contributed by atoms with Gasteiger partial charge in [0, 0.05) is 19.6 Å². The molecule has 1 heterocycles. The molecular formula is C14H19N3O3. The Kier molecular flexibility index (Phi) is 4.36. The number of carbonyl (C=O) groups is 2. The molecule has 0 saturated carbocycles. The van der Waals surface area contributed by atoms with Gasteiger partial charge in [0.1, 0.15) is 5.54 Å². The number of carboxylic acid groups (broad SMARTS) is 1. The second-order valence-corrected chi connectivity index (χ2v) is 5.18. The van der Waals surface area contributed by atoms with Crippen LogP contribution in [0.4, 0.5) is 0 Å². The first-order valence-corrected chi connectivity index (χ1v) is 6.55. The van der Waals surface area contributed by atoms with E-state index in [0.717, 1.165) is 5.56 Å². The molecule has 0 radical (unpaired) electrons. The SMILES string of the molecule is NC1(C(=O)O)CCN(CC(=O)NCc2ccccc2)C1. The van der Waals surface area contributed by atoms with E-state index in [9.17, 15) is 9.59 Å². The van der Waals surface area contributed by atoms with Crippen LogP contribution in [0, 0.1) is 0 Å². The zero-order valence-electron chi connectivity index (χ0n) is 11.2. The fraction of sp³-hybridized carbons (Fsp3) is 0.429. The van der Waals surface area contributed by atoms with Crippen LogP contribution in [0.15, 0.2) is 30.3 Å². The van der Waals surface area contributed by atoms with Crippen molar-refractivity contribution in [1.29, 1.82) is 0 Å². The summed E-state index contributed by atoms with van der Waals surface area (Å²) in [5, 5.41) is 11.8. The van der Waals surface area contributed by atoms with Gasteiger partial charge in [-0.3, -0.25) is 14.5 Å². The van der Waals surface area contributed by atoms with Crippen molar-refractivity contribution in [2.24, 2.45) is 5.73 Å². The predicted octanol–water partition coefficient (Wildman–Crippen LogP) is -0.209. The number of hydrogen-bond donors (Lipinski definition) is 3. The minimum atomic E-state index is -1.22. The lowest BCUT2D eigenvalue weighted by molar-refractivity contribution is -0.143. The smallest absolute Gasteiger partial charge is 0.325 e. The van der Waals surface area contributed by atoms with Crippen LogP contribution in [0.1, 0.15) is 12.0 Å². The van der Waals surface area contributed by atoms with E-state index in [4.69, 9.17) is 10.8 Å². The molecule has 20 heavy (non-hydrogen) atoms. The summed E-state index contributed by atoms with van der Waals surface area (Å²) in [6.07, 6.45) is 0.369. The number of hydrogen-bond acceptors (Lipinski definition) is 4. The summed E-state index contributed by atoms with van der Waals surface area (Å²) in [4.78, 5) is 24.6. The average molecular weight is 277 g/mol. The second kappa shape index (κ2) is 6.02. The summed E-state index contributed by atoms with van der Waals surface area (Å²) in [7, 11) is 0. The summed E-state index contributed by atoms with van der Waals surface area (Å²) >= 11 is 0. The summed E-state index contributed by atoms with van der Waals surface area (Å²) in [6, 6.07) is 9.62. The van der Waals surface area contributed by atoms with Gasteiger partial charge in [-0.2, -0.15) is 0 Å². The number of carbonyl (C=O) groups excluding carboxylic acids is 1. The zero-order chi connectivity index (χ0) is 14.6. The zero-order valence-corrected chi connectivity index (χ0v) is 11.2. The number of nitrogens with one attached hydrogen (secondary N) is 1. The van der Waals surface area contributed by atoms with E-state index in [2.05, 4.69) is 5.32 Å². The largest absolute Gasteiger partial charge is 0.480 e. The van der Waals surface area contributed by atoms with Crippen LogP contribution < -0.4 is 11.1 Å². The quantitative estimate of drug-likeness (QED) is 0.692. The van der Waals surface area contributed by atoms with Gasteiger partial charge in [-0.05, 0) is 12.0 Å². The van der Waals surface area contributed by atoms with Gasteiger partial charge in [0.2, 0.25) is 5.91 Å². The van der Waals surface area contributed by atoms with Gasteiger partial charge in [0.25, 0.3) is 0 Å². The highest BCUT2D eigenvalue weighted by atomic mass is 16.4. The maximum absolute atomic E-state index is 11.8. The minimum absolute atomic E-state index is 0.122. The lowest BCUT2D eigenvalue weighted by Crippen LogP contribution is -2.50. The van der Waals surface area contributed by atoms with E-state index in [0.29, 0.717) is 19.5 Å². The van der Waals surface area contributed by atoms with Crippen LogP contribution in [-0.4, -0.2) is 47.1 Å². The Labute approximate surface area is 117 Å². The summed E-state index contributed by atoms with van der Waals surface area (Å²) < 4.78 is 0. The van der Waals surface area contributed by atoms with Crippen LogP contribution in [0.2, 0.25) is 0 Å². The fourth-order valence-corrected chi connectivity index (χ4v) is 2.28. The van der Waals surface area contributed by atoms with E-state index >= 15 is 0 Å². The third-order valence-corrected chi connectivity index (χ3v) is 3.51. The highest BCUT2D eigenvalue weighted by Gasteiger charge is 2.41. The lowest BCUT2D eigenvalue weighted by Gasteiger charge is -2.19. The van der Waals surface area contributed by atoms with E-state index < -0.39 is 11.5 Å². The van der Waals surface area contributed by atoms with E-state index in [1.807, 2.05) is 30.3 Å². The topological polar surface area (TPSA) is 95.7 Å². The Bertz CT molecular complexity index is 492. The van der Waals surface area contributed by atoms with Crippen LogP contribution in [-0.2, 0) is 16.1 Å². The first-order valence-electron chi connectivity index (χ1n) is 6.55. The highest BCUT2D eigenvalue weighted by Crippen LogP contribution is 2.18. The lowest BCUT2D eigenvalue weighted by atomic mass is 10.0. The van der Waals surface area contributed by atoms with Gasteiger partial charge in [0.15, 0.2) is 0 Å². The van der Waals surface area contributed by atoms with Crippen molar-refractivity contribution < 1.29 is 14.7 Å². The molecule has 4 N–H and O–H groups in total. The monoisotopic (exact) mass is 277 g/mol. The van der Waals surface area contributed by atoms with Crippen molar-refractivity contribution in [1.82, 2.24) is 10.2 Å². The molecule has 1 aromatic carbocycles. The number of benzene rings is 1. The summed E-state index contributed by atoms with van der Waals surface area (Å²) in [5.74, 6) is -1.13. The molecule has 0 bridgehead atoms. The van der Waals surface area contributed by atoms with E-state index in [-0.39, 0.29) is 19.0 Å². The average Bonchev–Trinajstić information content (AvgIpc) is 2.80. The van der Waals surface area contributed by atoms with Gasteiger partial charge in [0.05, 0.1) is 6.54 Å². The van der Waals surface area contributed by atoms with Gasteiger partial charge >= 0.3 is 5.97 Å². The van der Waals surface area contributed by atoms with E-state index in [1.54, 1.807) is 4.90 Å². The predicted molar refractivity (Wildman–Crippen MR) is 73.9 cm³/mol. The number of aliphatic carboxylic acids is 1. The molecule has 1 aliphatic rings. The normalized spacial score (nSPS) is 22.6. The van der Waals surface area contributed by atoms with Crippen molar-refractivity contribution in [2.75, 3.05) is 19.6 Å². The minimum Gasteiger partial charge on any atom is -0.480 e.